The van der Waals surface area contributed by atoms with Crippen LogP contribution in [0.25, 0.3) is 5.69 Å². The van der Waals surface area contributed by atoms with Crippen molar-refractivity contribution in [3.05, 3.63) is 62.4 Å². The molecule has 4 rings (SSSR count). The van der Waals surface area contributed by atoms with Gasteiger partial charge in [0.1, 0.15) is 11.6 Å². The van der Waals surface area contributed by atoms with Crippen molar-refractivity contribution in [2.24, 2.45) is 0 Å². The van der Waals surface area contributed by atoms with Crippen LogP contribution in [-0.4, -0.2) is 26.8 Å². The summed E-state index contributed by atoms with van der Waals surface area (Å²) in [7, 11) is 1.51. The average Bonchev–Trinajstić information content (AvgIpc) is 3.08. The number of nitro benzene ring substituents is 1. The number of hydrogen-bond acceptors (Lipinski definition) is 6. The van der Waals surface area contributed by atoms with E-state index in [1.807, 2.05) is 19.9 Å². The lowest BCUT2D eigenvalue weighted by molar-refractivity contribution is -0.388. The van der Waals surface area contributed by atoms with Gasteiger partial charge in [0.25, 0.3) is 5.69 Å². The van der Waals surface area contributed by atoms with Crippen molar-refractivity contribution < 1.29 is 22.8 Å². The molecular formula is C20H16ClF3N4O3S. The van der Waals surface area contributed by atoms with Gasteiger partial charge in [0.2, 0.25) is 5.16 Å². The van der Waals surface area contributed by atoms with Crippen LogP contribution in [0, 0.1) is 10.1 Å². The van der Waals surface area contributed by atoms with Crippen molar-refractivity contribution in [2.75, 3.05) is 7.11 Å². The smallest absolute Gasteiger partial charge is 0.416 e. The van der Waals surface area contributed by atoms with E-state index < -0.39 is 22.4 Å². The summed E-state index contributed by atoms with van der Waals surface area (Å²) in [6.45, 7) is 4.07. The summed E-state index contributed by atoms with van der Waals surface area (Å²) in [5, 5.41) is 20.5. The molecule has 7 nitrogen and oxygen atoms in total. The fourth-order valence-electron chi connectivity index (χ4n) is 3.66. The molecule has 0 N–H and O–H groups in total. The van der Waals surface area contributed by atoms with Gasteiger partial charge in [0.15, 0.2) is 0 Å². The van der Waals surface area contributed by atoms with Gasteiger partial charge in [-0.2, -0.15) is 13.2 Å². The molecule has 3 aromatic rings. The highest BCUT2D eigenvalue weighted by Crippen LogP contribution is 2.45. The molecule has 0 aliphatic carbocycles. The standard InChI is InChI=1S/C20H16ClF3N4O3S/c1-19(2)9-17-25-26-18(27(17)13-8-12(21)15(31-3)7-11(13)19)32-16-5-4-10(20(22,23)24)6-14(16)28(29)30/h4-8H,9H2,1-3H3. The Hall–Kier alpha value is -2.79. The number of hydrogen-bond donors (Lipinski definition) is 0. The third kappa shape index (κ3) is 3.79. The molecule has 1 aliphatic heterocycles. The number of aromatic nitrogens is 3. The maximum atomic E-state index is 13.0. The van der Waals surface area contributed by atoms with Gasteiger partial charge in [-0.3, -0.25) is 14.7 Å². The molecule has 0 unspecified atom stereocenters. The van der Waals surface area contributed by atoms with Gasteiger partial charge in [-0.25, -0.2) is 0 Å². The maximum absolute atomic E-state index is 13.0. The molecule has 1 aliphatic rings. The predicted molar refractivity (Wildman–Crippen MR) is 112 cm³/mol. The van der Waals surface area contributed by atoms with Crippen LogP contribution >= 0.6 is 23.4 Å². The van der Waals surface area contributed by atoms with E-state index >= 15 is 0 Å². The van der Waals surface area contributed by atoms with E-state index in [9.17, 15) is 23.3 Å². The Balaban J connectivity index is 1.83. The van der Waals surface area contributed by atoms with Gasteiger partial charge in [-0.1, -0.05) is 25.4 Å². The lowest BCUT2D eigenvalue weighted by Crippen LogP contribution is -2.29. The van der Waals surface area contributed by atoms with Crippen molar-refractivity contribution in [3.8, 4) is 11.4 Å². The number of rotatable bonds is 4. The molecule has 32 heavy (non-hydrogen) atoms. The summed E-state index contributed by atoms with van der Waals surface area (Å²) in [5.74, 6) is 1.11. The highest BCUT2D eigenvalue weighted by Gasteiger charge is 2.36. The normalized spacial score (nSPS) is 14.6. The van der Waals surface area contributed by atoms with E-state index in [0.29, 0.717) is 34.8 Å². The van der Waals surface area contributed by atoms with E-state index in [0.717, 1.165) is 29.5 Å². The zero-order valence-electron chi connectivity index (χ0n) is 17.0. The largest absolute Gasteiger partial charge is 0.495 e. The number of methoxy groups -OCH3 is 1. The van der Waals surface area contributed by atoms with Gasteiger partial charge < -0.3 is 4.74 Å². The van der Waals surface area contributed by atoms with Crippen molar-refractivity contribution in [1.82, 2.24) is 14.8 Å². The first-order valence-corrected chi connectivity index (χ1v) is 10.5. The molecule has 12 heteroatoms. The molecule has 0 amide bonds. The molecule has 2 aromatic carbocycles. The van der Waals surface area contributed by atoms with Crippen molar-refractivity contribution in [1.29, 1.82) is 0 Å². The Kier molecular flexibility index (Phi) is 5.36. The third-order valence-corrected chi connectivity index (χ3v) is 6.53. The van der Waals surface area contributed by atoms with E-state index in [1.165, 1.54) is 7.11 Å². The minimum absolute atomic E-state index is 0.0178. The zero-order valence-corrected chi connectivity index (χ0v) is 18.6. The number of nitrogens with zero attached hydrogens (tertiary/aromatic N) is 4. The number of benzene rings is 2. The number of ether oxygens (including phenoxy) is 1. The average molecular weight is 485 g/mol. The molecule has 0 fully saturated rings. The molecule has 0 saturated heterocycles. The first kappa shape index (κ1) is 22.4. The summed E-state index contributed by atoms with van der Waals surface area (Å²) in [5.41, 5.74) is -0.480. The number of halogens is 4. The first-order valence-electron chi connectivity index (χ1n) is 9.28. The van der Waals surface area contributed by atoms with Gasteiger partial charge in [0, 0.05) is 12.5 Å². The second-order valence-electron chi connectivity index (χ2n) is 7.84. The number of fused-ring (bicyclic) bond motifs is 3. The summed E-state index contributed by atoms with van der Waals surface area (Å²) in [6.07, 6.45) is -4.17. The summed E-state index contributed by atoms with van der Waals surface area (Å²) >= 11 is 7.21. The van der Waals surface area contributed by atoms with Crippen LogP contribution in [0.4, 0.5) is 18.9 Å². The maximum Gasteiger partial charge on any atom is 0.416 e. The van der Waals surface area contributed by atoms with Gasteiger partial charge in [0.05, 0.1) is 33.2 Å². The van der Waals surface area contributed by atoms with Crippen LogP contribution in [0.1, 0.15) is 30.8 Å². The molecule has 2 heterocycles. The molecule has 1 aromatic heterocycles. The Labute approximate surface area is 189 Å². The number of alkyl halides is 3. The monoisotopic (exact) mass is 484 g/mol. The Bertz CT molecular complexity index is 1240. The fraction of sp³-hybridized carbons (Fsp3) is 0.300. The van der Waals surface area contributed by atoms with Crippen LogP contribution in [0.2, 0.25) is 5.02 Å². The summed E-state index contributed by atoms with van der Waals surface area (Å²) < 4.78 is 46.1. The molecule has 0 saturated carbocycles. The van der Waals surface area contributed by atoms with Crippen molar-refractivity contribution in [2.45, 2.75) is 41.9 Å². The molecule has 0 bridgehead atoms. The molecular weight excluding hydrogens is 469 g/mol. The second-order valence-corrected chi connectivity index (χ2v) is 9.25. The number of nitro groups is 1. The van der Waals surface area contributed by atoms with Gasteiger partial charge >= 0.3 is 6.18 Å². The van der Waals surface area contributed by atoms with Crippen LogP contribution in [0.5, 0.6) is 5.75 Å². The van der Waals surface area contributed by atoms with Crippen LogP contribution in [0.3, 0.4) is 0 Å². The Morgan fingerprint density at radius 3 is 2.59 bits per heavy atom. The summed E-state index contributed by atoms with van der Waals surface area (Å²) in [4.78, 5) is 10.6. The Morgan fingerprint density at radius 1 is 1.25 bits per heavy atom. The highest BCUT2D eigenvalue weighted by molar-refractivity contribution is 7.99. The molecule has 168 valence electrons. The van der Waals surface area contributed by atoms with Crippen LogP contribution in [-0.2, 0) is 18.0 Å². The fourth-order valence-corrected chi connectivity index (χ4v) is 4.84. The van der Waals surface area contributed by atoms with Crippen LogP contribution in [0.15, 0.2) is 40.4 Å². The van der Waals surface area contributed by atoms with E-state index in [-0.39, 0.29) is 15.5 Å². The zero-order chi connectivity index (χ0) is 23.4. The topological polar surface area (TPSA) is 83.1 Å². The minimum atomic E-state index is -4.69. The SMILES string of the molecule is COc1cc2c(cc1Cl)-n1c(nnc1Sc1ccc(C(F)(F)F)cc1[N+](=O)[O-])CC2(C)C. The Morgan fingerprint density at radius 2 is 1.97 bits per heavy atom. The van der Waals surface area contributed by atoms with Crippen LogP contribution < -0.4 is 4.74 Å². The molecule has 0 spiro atoms. The van der Waals surface area contributed by atoms with E-state index in [1.54, 1.807) is 10.6 Å². The van der Waals surface area contributed by atoms with Crippen molar-refractivity contribution in [3.63, 3.8) is 0 Å². The third-order valence-electron chi connectivity index (χ3n) is 5.22. The van der Waals surface area contributed by atoms with E-state index in [2.05, 4.69) is 10.2 Å². The minimum Gasteiger partial charge on any atom is -0.495 e. The van der Waals surface area contributed by atoms with Crippen molar-refractivity contribution >= 4 is 29.1 Å². The molecule has 0 atom stereocenters. The quantitative estimate of drug-likeness (QED) is 0.341. The lowest BCUT2D eigenvalue weighted by Gasteiger charge is -2.33. The summed E-state index contributed by atoms with van der Waals surface area (Å²) in [6, 6.07) is 5.93. The lowest BCUT2D eigenvalue weighted by atomic mass is 9.78. The molecule has 0 radical (unpaired) electrons. The highest BCUT2D eigenvalue weighted by atomic mass is 35.5. The first-order chi connectivity index (χ1) is 14.9. The second kappa shape index (κ2) is 7.66. The van der Waals surface area contributed by atoms with Gasteiger partial charge in [-0.15, -0.1) is 10.2 Å². The van der Waals surface area contributed by atoms with Gasteiger partial charge in [-0.05, 0) is 47.0 Å². The van der Waals surface area contributed by atoms with E-state index in [4.69, 9.17) is 16.3 Å². The predicted octanol–water partition coefficient (Wildman–Crippen LogP) is 5.84.